The van der Waals surface area contributed by atoms with Crippen LogP contribution in [0, 0.1) is 11.8 Å². The lowest BCUT2D eigenvalue weighted by molar-refractivity contribution is -0.139. The first kappa shape index (κ1) is 26.9. The van der Waals surface area contributed by atoms with Gasteiger partial charge < -0.3 is 19.8 Å². The van der Waals surface area contributed by atoms with Gasteiger partial charge in [-0.1, -0.05) is 11.6 Å². The Morgan fingerprint density at radius 3 is 2.86 bits per heavy atom. The first-order valence-electron chi connectivity index (χ1n) is 12.7. The molecule has 0 amide bonds. The third-order valence-electron chi connectivity index (χ3n) is 7.34. The number of pyridine rings is 1. The fraction of sp³-hybridized carbons (Fsp3) is 0.500. The van der Waals surface area contributed by atoms with Gasteiger partial charge in [-0.2, -0.15) is 0 Å². The molecule has 0 aliphatic carbocycles. The number of aliphatic hydroxyl groups excluding tert-OH is 1. The van der Waals surface area contributed by atoms with Crippen LogP contribution in [0.4, 0.5) is 0 Å². The van der Waals surface area contributed by atoms with Gasteiger partial charge in [0.1, 0.15) is 5.75 Å². The minimum Gasteiger partial charge on any atom is -0.497 e. The van der Waals surface area contributed by atoms with Crippen LogP contribution in [0.15, 0.2) is 42.6 Å². The van der Waals surface area contributed by atoms with Crippen LogP contribution in [0.1, 0.15) is 55.1 Å². The molecule has 2 N–H and O–H groups in total. The molecule has 194 valence electrons. The lowest BCUT2D eigenvalue weighted by atomic mass is 9.79. The van der Waals surface area contributed by atoms with E-state index in [2.05, 4.69) is 16.0 Å². The standard InChI is InChI=1S/C28H35ClN2O4S/c1-35-21-6-8-25-24(17-21)23(11-13-30-25)26(32)9-5-19-12-15-31(18-20(19)16-28(33)34)14-3-2-4-22-7-10-27(29)36-22/h6-8,10-11,13,17,19-20,26,32H,2-5,9,12,14-16,18H2,1H3,(H,33,34)/t19-,20+,26-/m1/s1. The first-order valence-corrected chi connectivity index (χ1v) is 13.9. The van der Waals surface area contributed by atoms with Crippen LogP contribution in [0.5, 0.6) is 5.75 Å². The average Bonchev–Trinajstić information content (AvgIpc) is 3.29. The number of aryl methyl sites for hydroxylation is 1. The molecule has 0 unspecified atom stereocenters. The van der Waals surface area contributed by atoms with Crippen molar-refractivity contribution in [2.75, 3.05) is 26.7 Å². The summed E-state index contributed by atoms with van der Waals surface area (Å²) in [4.78, 5) is 19.8. The Bertz CT molecular complexity index is 1150. The summed E-state index contributed by atoms with van der Waals surface area (Å²) in [5, 5.41) is 21.5. The van der Waals surface area contributed by atoms with E-state index in [4.69, 9.17) is 16.3 Å². The zero-order valence-corrected chi connectivity index (χ0v) is 22.3. The van der Waals surface area contributed by atoms with Crippen molar-refractivity contribution in [3.05, 3.63) is 57.4 Å². The average molecular weight is 531 g/mol. The third-order valence-corrected chi connectivity index (χ3v) is 8.63. The third kappa shape index (κ3) is 7.19. The Morgan fingerprint density at radius 1 is 1.25 bits per heavy atom. The number of ether oxygens (including phenoxy) is 1. The van der Waals surface area contributed by atoms with Gasteiger partial charge in [-0.15, -0.1) is 11.3 Å². The topological polar surface area (TPSA) is 82.9 Å². The molecule has 0 saturated carbocycles. The molecule has 1 aliphatic rings. The van der Waals surface area contributed by atoms with E-state index >= 15 is 0 Å². The fourth-order valence-electron chi connectivity index (χ4n) is 5.41. The van der Waals surface area contributed by atoms with Gasteiger partial charge in [0.25, 0.3) is 0 Å². The monoisotopic (exact) mass is 530 g/mol. The molecule has 1 saturated heterocycles. The lowest BCUT2D eigenvalue weighted by Gasteiger charge is -2.38. The van der Waals surface area contributed by atoms with E-state index in [1.807, 2.05) is 30.3 Å². The molecule has 4 rings (SSSR count). The van der Waals surface area contributed by atoms with Crippen LogP contribution in [0.3, 0.4) is 0 Å². The smallest absolute Gasteiger partial charge is 0.303 e. The number of likely N-dealkylation sites (tertiary alicyclic amines) is 1. The molecule has 1 aromatic carbocycles. The SMILES string of the molecule is COc1ccc2nccc([C@H](O)CC[C@@H]3CCN(CCCCc4ccc(Cl)s4)C[C@@H]3CC(=O)O)c2c1. The number of halogens is 1. The van der Waals surface area contributed by atoms with E-state index in [0.717, 1.165) is 78.3 Å². The molecular formula is C28H35ClN2O4S. The number of piperidine rings is 1. The van der Waals surface area contributed by atoms with Gasteiger partial charge in [0, 0.05) is 29.4 Å². The summed E-state index contributed by atoms with van der Waals surface area (Å²) in [6.07, 6.45) is 6.90. The Balaban J connectivity index is 1.31. The summed E-state index contributed by atoms with van der Waals surface area (Å²) in [6, 6.07) is 11.6. The number of carboxylic acids is 1. The Morgan fingerprint density at radius 2 is 2.11 bits per heavy atom. The van der Waals surface area contributed by atoms with E-state index in [1.54, 1.807) is 24.6 Å². The maximum absolute atomic E-state index is 11.6. The van der Waals surface area contributed by atoms with E-state index in [0.29, 0.717) is 12.3 Å². The Hall–Kier alpha value is -2.19. The van der Waals surface area contributed by atoms with Gasteiger partial charge >= 0.3 is 5.97 Å². The van der Waals surface area contributed by atoms with E-state index < -0.39 is 12.1 Å². The molecule has 3 aromatic rings. The summed E-state index contributed by atoms with van der Waals surface area (Å²) >= 11 is 7.67. The van der Waals surface area contributed by atoms with Crippen LogP contribution < -0.4 is 4.74 Å². The van der Waals surface area contributed by atoms with Crippen molar-refractivity contribution in [2.24, 2.45) is 11.8 Å². The highest BCUT2D eigenvalue weighted by Crippen LogP contribution is 2.35. The van der Waals surface area contributed by atoms with Gasteiger partial charge in [0.05, 0.1) is 23.1 Å². The van der Waals surface area contributed by atoms with Crippen molar-refractivity contribution in [3.8, 4) is 5.75 Å². The fourth-order valence-corrected chi connectivity index (χ4v) is 6.54. The molecule has 1 aliphatic heterocycles. The number of benzene rings is 1. The van der Waals surface area contributed by atoms with Crippen LogP contribution >= 0.6 is 22.9 Å². The van der Waals surface area contributed by atoms with E-state index in [1.165, 1.54) is 4.88 Å². The largest absolute Gasteiger partial charge is 0.497 e. The van der Waals surface area contributed by atoms with Crippen molar-refractivity contribution in [3.63, 3.8) is 0 Å². The molecule has 2 aromatic heterocycles. The second kappa shape index (κ2) is 12.9. The highest BCUT2D eigenvalue weighted by atomic mass is 35.5. The predicted molar refractivity (Wildman–Crippen MR) is 145 cm³/mol. The van der Waals surface area contributed by atoms with Crippen LogP contribution in [0.25, 0.3) is 10.9 Å². The van der Waals surface area contributed by atoms with Crippen LogP contribution in [-0.2, 0) is 11.2 Å². The molecule has 6 nitrogen and oxygen atoms in total. The molecule has 3 atom stereocenters. The second-order valence-corrected chi connectivity index (χ2v) is 11.5. The summed E-state index contributed by atoms with van der Waals surface area (Å²) in [7, 11) is 1.63. The van der Waals surface area contributed by atoms with Gasteiger partial charge in [-0.3, -0.25) is 9.78 Å². The van der Waals surface area contributed by atoms with E-state index in [-0.39, 0.29) is 12.3 Å². The zero-order chi connectivity index (χ0) is 25.5. The van der Waals surface area contributed by atoms with E-state index in [9.17, 15) is 15.0 Å². The normalized spacial score (nSPS) is 19.4. The summed E-state index contributed by atoms with van der Waals surface area (Å²) in [5.41, 5.74) is 1.67. The molecule has 0 spiro atoms. The van der Waals surface area contributed by atoms with Crippen molar-refractivity contribution in [1.29, 1.82) is 0 Å². The highest BCUT2D eigenvalue weighted by molar-refractivity contribution is 7.16. The number of hydrogen-bond acceptors (Lipinski definition) is 6. The number of aliphatic hydroxyl groups is 1. The summed E-state index contributed by atoms with van der Waals surface area (Å²) in [5.74, 6) is 0.392. The Labute approximate surface area is 221 Å². The number of thiophene rings is 1. The quantitative estimate of drug-likeness (QED) is 0.271. The number of hydrogen-bond donors (Lipinski definition) is 2. The van der Waals surface area contributed by atoms with Crippen LogP contribution in [0.2, 0.25) is 4.34 Å². The predicted octanol–water partition coefficient (Wildman–Crippen LogP) is 6.21. The number of rotatable bonds is 12. The maximum atomic E-state index is 11.6. The number of nitrogens with zero attached hydrogens (tertiary/aromatic N) is 2. The van der Waals surface area contributed by atoms with Gasteiger partial charge in [-0.05, 0) is 105 Å². The molecule has 0 bridgehead atoms. The number of methoxy groups -OCH3 is 1. The van der Waals surface area contributed by atoms with Gasteiger partial charge in [0.15, 0.2) is 0 Å². The van der Waals surface area contributed by atoms with Gasteiger partial charge in [0.2, 0.25) is 0 Å². The van der Waals surface area contributed by atoms with Crippen molar-refractivity contribution in [1.82, 2.24) is 9.88 Å². The first-order chi connectivity index (χ1) is 17.4. The molecule has 8 heteroatoms. The second-order valence-electron chi connectivity index (χ2n) is 9.75. The number of aliphatic carboxylic acids is 1. The highest BCUT2D eigenvalue weighted by Gasteiger charge is 2.31. The Kier molecular flexibility index (Phi) is 9.60. The number of carboxylic acid groups (broad SMARTS) is 1. The summed E-state index contributed by atoms with van der Waals surface area (Å²) in [6.45, 7) is 2.79. The molecular weight excluding hydrogens is 496 g/mol. The molecule has 3 heterocycles. The minimum absolute atomic E-state index is 0.105. The zero-order valence-electron chi connectivity index (χ0n) is 20.7. The number of aromatic nitrogens is 1. The number of carbonyl (C=O) groups is 1. The van der Waals surface area contributed by atoms with Crippen molar-refractivity contribution in [2.45, 2.75) is 51.0 Å². The molecule has 0 radical (unpaired) electrons. The number of unbranched alkanes of at least 4 members (excludes halogenated alkanes) is 1. The molecule has 36 heavy (non-hydrogen) atoms. The number of fused-ring (bicyclic) bond motifs is 1. The van der Waals surface area contributed by atoms with Crippen molar-refractivity contribution < 1.29 is 19.7 Å². The van der Waals surface area contributed by atoms with Crippen molar-refractivity contribution >= 4 is 39.8 Å². The minimum atomic E-state index is -0.741. The molecule has 1 fully saturated rings. The summed E-state index contributed by atoms with van der Waals surface area (Å²) < 4.78 is 6.20. The van der Waals surface area contributed by atoms with Crippen LogP contribution in [-0.4, -0.2) is 52.8 Å². The maximum Gasteiger partial charge on any atom is 0.303 e. The lowest BCUT2D eigenvalue weighted by Crippen LogP contribution is -2.41. The van der Waals surface area contributed by atoms with Gasteiger partial charge in [-0.25, -0.2) is 0 Å².